The lowest BCUT2D eigenvalue weighted by Crippen LogP contribution is -2.46. The van der Waals surface area contributed by atoms with E-state index in [9.17, 15) is 9.59 Å². The van der Waals surface area contributed by atoms with Crippen LogP contribution in [0.4, 0.5) is 4.79 Å². The maximum Gasteiger partial charge on any atom is 0.410 e. The molecule has 25 heavy (non-hydrogen) atoms. The highest BCUT2D eigenvalue weighted by Crippen LogP contribution is 2.43. The van der Waals surface area contributed by atoms with E-state index in [1.165, 1.54) is 0 Å². The van der Waals surface area contributed by atoms with E-state index in [1.807, 2.05) is 51.1 Å². The van der Waals surface area contributed by atoms with Crippen molar-refractivity contribution in [1.82, 2.24) is 4.90 Å². The number of esters is 1. The van der Waals surface area contributed by atoms with E-state index in [1.54, 1.807) is 4.90 Å². The first kappa shape index (κ1) is 17.8. The summed E-state index contributed by atoms with van der Waals surface area (Å²) in [5.41, 5.74) is 0.372. The van der Waals surface area contributed by atoms with E-state index in [4.69, 9.17) is 9.47 Å². The van der Waals surface area contributed by atoms with Crippen LogP contribution in [0.3, 0.4) is 0 Å². The molecular weight excluding hydrogens is 318 g/mol. The van der Waals surface area contributed by atoms with Crippen LogP contribution in [0.2, 0.25) is 0 Å². The molecule has 0 aromatic heterocycles. The van der Waals surface area contributed by atoms with Gasteiger partial charge in [0.2, 0.25) is 0 Å². The fourth-order valence-corrected chi connectivity index (χ4v) is 3.96. The van der Waals surface area contributed by atoms with Crippen LogP contribution >= 0.6 is 0 Å². The molecule has 1 aliphatic heterocycles. The molecule has 1 saturated carbocycles. The monoisotopic (exact) mass is 345 g/mol. The minimum absolute atomic E-state index is 0.194. The molecule has 0 spiro atoms. The zero-order valence-corrected chi connectivity index (χ0v) is 15.2. The first-order chi connectivity index (χ1) is 11.8. The molecule has 2 fully saturated rings. The topological polar surface area (TPSA) is 55.8 Å². The van der Waals surface area contributed by atoms with Gasteiger partial charge in [-0.3, -0.25) is 4.90 Å². The molecule has 5 heteroatoms. The number of likely N-dealkylation sites (tertiary alicyclic amines) is 1. The van der Waals surface area contributed by atoms with Crippen LogP contribution in [0, 0.1) is 11.8 Å². The van der Waals surface area contributed by atoms with Crippen LogP contribution in [-0.4, -0.2) is 35.2 Å². The lowest BCUT2D eigenvalue weighted by Gasteiger charge is -2.29. The van der Waals surface area contributed by atoms with E-state index >= 15 is 0 Å². The van der Waals surface area contributed by atoms with Gasteiger partial charge in [-0.2, -0.15) is 0 Å². The fraction of sp³-hybridized carbons (Fsp3) is 0.600. The summed E-state index contributed by atoms with van der Waals surface area (Å²) in [7, 11) is 0. The minimum Gasteiger partial charge on any atom is -0.458 e. The van der Waals surface area contributed by atoms with Crippen LogP contribution in [-0.2, 0) is 20.9 Å². The van der Waals surface area contributed by atoms with Gasteiger partial charge in [0.1, 0.15) is 18.2 Å². The van der Waals surface area contributed by atoms with E-state index < -0.39 is 17.7 Å². The quantitative estimate of drug-likeness (QED) is 0.783. The lowest BCUT2D eigenvalue weighted by atomic mass is 9.94. The van der Waals surface area contributed by atoms with Crippen LogP contribution in [0.25, 0.3) is 0 Å². The highest BCUT2D eigenvalue weighted by atomic mass is 16.6. The molecule has 1 saturated heterocycles. The lowest BCUT2D eigenvalue weighted by molar-refractivity contribution is -0.161. The molecule has 1 unspecified atom stereocenters. The average Bonchev–Trinajstić information content (AvgIpc) is 3.12. The van der Waals surface area contributed by atoms with Crippen molar-refractivity contribution in [3.8, 4) is 0 Å². The Morgan fingerprint density at radius 1 is 1.16 bits per heavy atom. The second-order valence-corrected chi connectivity index (χ2v) is 8.03. The van der Waals surface area contributed by atoms with Gasteiger partial charge in [-0.15, -0.1) is 0 Å². The number of carbonyl (C=O) groups excluding carboxylic acids is 2. The number of carbonyl (C=O) groups is 2. The summed E-state index contributed by atoms with van der Waals surface area (Å²) in [6.45, 7) is 6.35. The van der Waals surface area contributed by atoms with E-state index in [2.05, 4.69) is 0 Å². The number of amides is 1. The number of hydrogen-bond acceptors (Lipinski definition) is 4. The smallest absolute Gasteiger partial charge is 0.410 e. The summed E-state index contributed by atoms with van der Waals surface area (Å²) in [4.78, 5) is 26.9. The van der Waals surface area contributed by atoms with Crippen LogP contribution in [0.5, 0.6) is 0 Å². The normalized spacial score (nSPS) is 25.6. The zero-order chi connectivity index (χ0) is 18.0. The van der Waals surface area contributed by atoms with Gasteiger partial charge in [-0.25, -0.2) is 9.59 Å². The number of ether oxygens (including phenoxy) is 2. The van der Waals surface area contributed by atoms with Gasteiger partial charge in [0.15, 0.2) is 0 Å². The van der Waals surface area contributed by atoms with Crippen molar-refractivity contribution in [2.45, 2.75) is 58.3 Å². The van der Waals surface area contributed by atoms with Gasteiger partial charge >= 0.3 is 12.1 Å². The van der Waals surface area contributed by atoms with E-state index in [-0.39, 0.29) is 18.5 Å². The highest BCUT2D eigenvalue weighted by molar-refractivity contribution is 5.83. The second-order valence-electron chi connectivity index (χ2n) is 8.03. The molecule has 1 aliphatic carbocycles. The highest BCUT2D eigenvalue weighted by Gasteiger charge is 2.51. The SMILES string of the molecule is CC(C)(C)OC(=O)C1[C@H]2CCC[C@H]2CN1C(=O)OCc1ccccc1. The first-order valence-electron chi connectivity index (χ1n) is 9.05. The number of hydrogen-bond donors (Lipinski definition) is 0. The number of fused-ring (bicyclic) bond motifs is 1. The largest absolute Gasteiger partial charge is 0.458 e. The molecule has 1 heterocycles. The Bertz CT molecular complexity index is 622. The number of nitrogens with zero attached hydrogens (tertiary/aromatic N) is 1. The average molecular weight is 345 g/mol. The Kier molecular flexibility index (Phi) is 5.02. The molecule has 5 nitrogen and oxygen atoms in total. The number of benzene rings is 1. The van der Waals surface area contributed by atoms with Gasteiger partial charge in [0.25, 0.3) is 0 Å². The van der Waals surface area contributed by atoms with Gasteiger partial charge < -0.3 is 9.47 Å². The van der Waals surface area contributed by atoms with Crippen molar-refractivity contribution in [1.29, 1.82) is 0 Å². The van der Waals surface area contributed by atoms with Gasteiger partial charge in [-0.1, -0.05) is 36.8 Å². The Morgan fingerprint density at radius 3 is 2.56 bits per heavy atom. The van der Waals surface area contributed by atoms with Crippen molar-refractivity contribution < 1.29 is 19.1 Å². The second kappa shape index (κ2) is 7.06. The van der Waals surface area contributed by atoms with Crippen molar-refractivity contribution in [2.24, 2.45) is 11.8 Å². The maximum atomic E-state index is 12.7. The molecule has 0 bridgehead atoms. The van der Waals surface area contributed by atoms with Crippen LogP contribution in [0.15, 0.2) is 30.3 Å². The van der Waals surface area contributed by atoms with E-state index in [0.717, 1.165) is 24.8 Å². The predicted octanol–water partition coefficient (Wildman–Crippen LogP) is 3.77. The molecule has 3 rings (SSSR count). The standard InChI is InChI=1S/C20H27NO4/c1-20(2,3)25-18(22)17-16-11-7-10-15(16)12-21(17)19(23)24-13-14-8-5-4-6-9-14/h4-6,8-9,15-17H,7,10-13H2,1-3H3/t15-,16-,17?/m0/s1. The van der Waals surface area contributed by atoms with Crippen molar-refractivity contribution >= 4 is 12.1 Å². The van der Waals surface area contributed by atoms with E-state index in [0.29, 0.717) is 12.5 Å². The molecule has 1 amide bonds. The number of rotatable bonds is 3. The third-order valence-corrected chi connectivity index (χ3v) is 4.98. The summed E-state index contributed by atoms with van der Waals surface area (Å²) >= 11 is 0. The molecule has 1 aromatic rings. The van der Waals surface area contributed by atoms with Gasteiger partial charge in [-0.05, 0) is 51.0 Å². The summed E-state index contributed by atoms with van der Waals surface area (Å²) in [6.07, 6.45) is 2.72. The fourth-order valence-electron chi connectivity index (χ4n) is 3.96. The Morgan fingerprint density at radius 2 is 1.88 bits per heavy atom. The summed E-state index contributed by atoms with van der Waals surface area (Å²) in [6, 6.07) is 9.05. The summed E-state index contributed by atoms with van der Waals surface area (Å²) in [5.74, 6) is 0.263. The summed E-state index contributed by atoms with van der Waals surface area (Å²) in [5, 5.41) is 0. The van der Waals surface area contributed by atoms with Gasteiger partial charge in [0.05, 0.1) is 0 Å². The molecule has 0 N–H and O–H groups in total. The molecule has 0 radical (unpaired) electrons. The van der Waals surface area contributed by atoms with Crippen molar-refractivity contribution in [3.05, 3.63) is 35.9 Å². The Balaban J connectivity index is 1.69. The third kappa shape index (κ3) is 4.14. The first-order valence-corrected chi connectivity index (χ1v) is 9.05. The predicted molar refractivity (Wildman–Crippen MR) is 93.8 cm³/mol. The third-order valence-electron chi connectivity index (χ3n) is 4.98. The van der Waals surface area contributed by atoms with Gasteiger partial charge in [0, 0.05) is 6.54 Å². The van der Waals surface area contributed by atoms with Crippen LogP contribution < -0.4 is 0 Å². The minimum atomic E-state index is -0.562. The molecule has 3 atom stereocenters. The zero-order valence-electron chi connectivity index (χ0n) is 15.2. The molecular formula is C20H27NO4. The molecule has 2 aliphatic rings. The van der Waals surface area contributed by atoms with Crippen molar-refractivity contribution in [3.63, 3.8) is 0 Å². The molecule has 136 valence electrons. The Labute approximate surface area is 149 Å². The summed E-state index contributed by atoms with van der Waals surface area (Å²) < 4.78 is 11.1. The van der Waals surface area contributed by atoms with Crippen LogP contribution in [0.1, 0.15) is 45.6 Å². The Hall–Kier alpha value is -2.04. The molecule has 1 aromatic carbocycles. The maximum absolute atomic E-state index is 12.7. The van der Waals surface area contributed by atoms with Crippen molar-refractivity contribution in [2.75, 3.05) is 6.54 Å².